The molecule has 3 rings (SSSR count). The van der Waals surface area contributed by atoms with E-state index >= 15 is 0 Å². The number of carbonyl (C=O) groups excluding carboxylic acids is 1. The normalized spacial score (nSPS) is 21.8. The van der Waals surface area contributed by atoms with Crippen LogP contribution >= 0.6 is 0 Å². The van der Waals surface area contributed by atoms with Gasteiger partial charge < -0.3 is 19.6 Å². The lowest BCUT2D eigenvalue weighted by Gasteiger charge is -2.40. The molecule has 0 aromatic carbocycles. The first-order valence-electron chi connectivity index (χ1n) is 8.05. The summed E-state index contributed by atoms with van der Waals surface area (Å²) in [4.78, 5) is 21.5. The number of hydrogen-bond donors (Lipinski definition) is 2. The number of morpholine rings is 1. The highest BCUT2D eigenvalue weighted by atomic mass is 19.1. The van der Waals surface area contributed by atoms with Crippen LogP contribution in [0.15, 0.2) is 24.7 Å². The maximum absolute atomic E-state index is 13.0. The Morgan fingerprint density at radius 3 is 3.04 bits per heavy atom. The van der Waals surface area contributed by atoms with E-state index in [0.29, 0.717) is 13.2 Å². The van der Waals surface area contributed by atoms with Crippen molar-refractivity contribution in [3.63, 3.8) is 0 Å². The summed E-state index contributed by atoms with van der Waals surface area (Å²) >= 11 is 0. The fraction of sp³-hybridized carbons (Fsp3) is 0.500. The van der Waals surface area contributed by atoms with E-state index in [1.807, 2.05) is 17.8 Å². The van der Waals surface area contributed by atoms with Crippen LogP contribution in [0.1, 0.15) is 29.3 Å². The van der Waals surface area contributed by atoms with Crippen molar-refractivity contribution in [1.29, 1.82) is 0 Å². The van der Waals surface area contributed by atoms with Gasteiger partial charge in [0.2, 0.25) is 0 Å². The number of rotatable bonds is 5. The molecule has 7 nitrogen and oxygen atoms in total. The standard InChI is InChI=1S/C16H22FN5O2/c1-3-22-6-7-24-13(14(22)15-18-4-5-21(15)2)10-20-16(23)12-8-11(17)9-19-12/h4-5,8-9,13-14,19H,3,6-7,10H2,1-2H3,(H,20,23)/t13-,14+/m0/s1. The van der Waals surface area contributed by atoms with Gasteiger partial charge in [0.05, 0.1) is 18.8 Å². The molecule has 0 unspecified atom stereocenters. The summed E-state index contributed by atoms with van der Waals surface area (Å²) in [6.07, 6.45) is 4.59. The Morgan fingerprint density at radius 1 is 1.58 bits per heavy atom. The molecule has 2 N–H and O–H groups in total. The quantitative estimate of drug-likeness (QED) is 0.857. The summed E-state index contributed by atoms with van der Waals surface area (Å²) in [5.74, 6) is 0.0912. The van der Waals surface area contributed by atoms with Crippen molar-refractivity contribution >= 4 is 5.91 Å². The topological polar surface area (TPSA) is 75.2 Å². The number of aromatic nitrogens is 3. The fourth-order valence-corrected chi connectivity index (χ4v) is 3.09. The number of likely N-dealkylation sites (N-methyl/N-ethyl adjacent to an activating group) is 1. The highest BCUT2D eigenvalue weighted by Crippen LogP contribution is 2.27. The largest absolute Gasteiger partial charge is 0.373 e. The maximum atomic E-state index is 13.0. The maximum Gasteiger partial charge on any atom is 0.267 e. The first-order chi connectivity index (χ1) is 11.6. The van der Waals surface area contributed by atoms with E-state index in [4.69, 9.17) is 4.74 Å². The summed E-state index contributed by atoms with van der Waals surface area (Å²) in [5.41, 5.74) is 0.198. The monoisotopic (exact) mass is 335 g/mol. The Morgan fingerprint density at radius 2 is 2.42 bits per heavy atom. The number of nitrogens with zero attached hydrogens (tertiary/aromatic N) is 3. The van der Waals surface area contributed by atoms with Crippen molar-refractivity contribution in [2.45, 2.75) is 19.1 Å². The average Bonchev–Trinajstić information content (AvgIpc) is 3.20. The Hall–Kier alpha value is -2.19. The average molecular weight is 335 g/mol. The summed E-state index contributed by atoms with van der Waals surface area (Å²) in [6, 6.07) is 1.13. The van der Waals surface area contributed by atoms with Crippen LogP contribution in [0.25, 0.3) is 0 Å². The number of hydrogen-bond acceptors (Lipinski definition) is 4. The van der Waals surface area contributed by atoms with E-state index in [1.54, 1.807) is 6.20 Å². The minimum Gasteiger partial charge on any atom is -0.373 e. The number of amides is 1. The van der Waals surface area contributed by atoms with E-state index in [9.17, 15) is 9.18 Å². The highest BCUT2D eigenvalue weighted by molar-refractivity contribution is 5.92. The summed E-state index contributed by atoms with van der Waals surface area (Å²) in [7, 11) is 1.95. The first kappa shape index (κ1) is 16.7. The van der Waals surface area contributed by atoms with Crippen LogP contribution in [0.5, 0.6) is 0 Å². The second kappa shape index (κ2) is 7.14. The Kier molecular flexibility index (Phi) is 4.96. The van der Waals surface area contributed by atoms with Gasteiger partial charge in [0.1, 0.15) is 17.3 Å². The van der Waals surface area contributed by atoms with E-state index < -0.39 is 5.82 Å². The molecule has 1 fully saturated rings. The van der Waals surface area contributed by atoms with Crippen molar-refractivity contribution in [2.75, 3.05) is 26.2 Å². The van der Waals surface area contributed by atoms with Crippen LogP contribution in [0.4, 0.5) is 4.39 Å². The first-order valence-corrected chi connectivity index (χ1v) is 8.05. The zero-order valence-electron chi connectivity index (χ0n) is 13.8. The summed E-state index contributed by atoms with van der Waals surface area (Å²) in [6.45, 7) is 4.71. The van der Waals surface area contributed by atoms with Gasteiger partial charge >= 0.3 is 0 Å². The molecule has 3 heterocycles. The zero-order valence-corrected chi connectivity index (χ0v) is 13.8. The molecule has 24 heavy (non-hydrogen) atoms. The number of aryl methyl sites for hydroxylation is 1. The Bertz CT molecular complexity index is 698. The number of carbonyl (C=O) groups is 1. The van der Waals surface area contributed by atoms with Crippen LogP contribution in [0.3, 0.4) is 0 Å². The minimum atomic E-state index is -0.461. The van der Waals surface area contributed by atoms with Crippen molar-refractivity contribution in [3.05, 3.63) is 42.0 Å². The smallest absolute Gasteiger partial charge is 0.267 e. The van der Waals surface area contributed by atoms with Crippen LogP contribution in [0, 0.1) is 5.82 Å². The van der Waals surface area contributed by atoms with Crippen molar-refractivity contribution in [1.82, 2.24) is 24.8 Å². The van der Waals surface area contributed by atoms with Crippen molar-refractivity contribution in [3.8, 4) is 0 Å². The van der Waals surface area contributed by atoms with Gasteiger partial charge in [-0.15, -0.1) is 0 Å². The third-order valence-electron chi connectivity index (χ3n) is 4.34. The SMILES string of the molecule is CCN1CCO[C@@H](CNC(=O)c2cc(F)c[nH]2)[C@@H]1c1nccn1C. The third-order valence-corrected chi connectivity index (χ3v) is 4.34. The predicted molar refractivity (Wildman–Crippen MR) is 86.0 cm³/mol. The van der Waals surface area contributed by atoms with Crippen LogP contribution in [-0.2, 0) is 11.8 Å². The van der Waals surface area contributed by atoms with E-state index in [-0.39, 0.29) is 23.7 Å². The van der Waals surface area contributed by atoms with Gasteiger partial charge in [-0.2, -0.15) is 0 Å². The van der Waals surface area contributed by atoms with Gasteiger partial charge in [-0.1, -0.05) is 6.92 Å². The minimum absolute atomic E-state index is 0.0376. The number of imidazole rings is 1. The van der Waals surface area contributed by atoms with Crippen molar-refractivity contribution < 1.29 is 13.9 Å². The predicted octanol–water partition coefficient (Wildman–Crippen LogP) is 1.08. The molecule has 0 spiro atoms. The highest BCUT2D eigenvalue weighted by Gasteiger charge is 2.35. The number of halogens is 1. The molecule has 0 radical (unpaired) electrons. The van der Waals surface area contributed by atoms with Crippen LogP contribution < -0.4 is 5.32 Å². The fourth-order valence-electron chi connectivity index (χ4n) is 3.09. The number of nitrogens with one attached hydrogen (secondary N) is 2. The Balaban J connectivity index is 1.72. The molecule has 8 heteroatoms. The lowest BCUT2D eigenvalue weighted by Crippen LogP contribution is -2.50. The molecule has 2 aromatic heterocycles. The van der Waals surface area contributed by atoms with Crippen LogP contribution in [0.2, 0.25) is 0 Å². The molecule has 0 bridgehead atoms. The van der Waals surface area contributed by atoms with E-state index in [0.717, 1.165) is 25.1 Å². The molecule has 2 atom stereocenters. The van der Waals surface area contributed by atoms with E-state index in [1.165, 1.54) is 6.07 Å². The van der Waals surface area contributed by atoms with Crippen molar-refractivity contribution in [2.24, 2.45) is 7.05 Å². The van der Waals surface area contributed by atoms with Gasteiger partial charge in [0.25, 0.3) is 5.91 Å². The van der Waals surface area contributed by atoms with Crippen LogP contribution in [-0.4, -0.2) is 57.7 Å². The number of aromatic amines is 1. The lowest BCUT2D eigenvalue weighted by molar-refractivity contribution is -0.0720. The second-order valence-corrected chi connectivity index (χ2v) is 5.82. The molecule has 1 saturated heterocycles. The lowest BCUT2D eigenvalue weighted by atomic mass is 10.1. The second-order valence-electron chi connectivity index (χ2n) is 5.82. The summed E-state index contributed by atoms with van der Waals surface area (Å²) < 4.78 is 20.9. The number of ether oxygens (including phenoxy) is 1. The molecule has 130 valence electrons. The number of H-pyrrole nitrogens is 1. The summed E-state index contributed by atoms with van der Waals surface area (Å²) in [5, 5.41) is 2.81. The molecular weight excluding hydrogens is 313 g/mol. The van der Waals surface area contributed by atoms with Gasteiger partial charge in [-0.25, -0.2) is 9.37 Å². The zero-order chi connectivity index (χ0) is 17.1. The molecule has 1 aliphatic rings. The molecule has 1 amide bonds. The third kappa shape index (κ3) is 3.34. The van der Waals surface area contributed by atoms with Gasteiger partial charge in [0, 0.05) is 44.8 Å². The molecular formula is C16H22FN5O2. The molecule has 1 aliphatic heterocycles. The van der Waals surface area contributed by atoms with Gasteiger partial charge in [-0.3, -0.25) is 9.69 Å². The Labute approximate surface area is 139 Å². The molecule has 0 saturated carbocycles. The molecule has 0 aliphatic carbocycles. The van der Waals surface area contributed by atoms with E-state index in [2.05, 4.69) is 27.1 Å². The molecule has 2 aromatic rings. The van der Waals surface area contributed by atoms with Gasteiger partial charge in [-0.05, 0) is 6.54 Å². The van der Waals surface area contributed by atoms with Gasteiger partial charge in [0.15, 0.2) is 0 Å².